The van der Waals surface area contributed by atoms with Crippen molar-refractivity contribution in [3.05, 3.63) is 23.2 Å². The van der Waals surface area contributed by atoms with Crippen molar-refractivity contribution in [1.82, 2.24) is 8.61 Å². The lowest BCUT2D eigenvalue weighted by molar-refractivity contribution is 0.273. The van der Waals surface area contributed by atoms with Crippen LogP contribution in [-0.4, -0.2) is 51.6 Å². The van der Waals surface area contributed by atoms with Crippen LogP contribution in [0.1, 0.15) is 0 Å². The Hall–Kier alpha value is -0.910. The largest absolute Gasteiger partial charge is 0.398 e. The van der Waals surface area contributed by atoms with Crippen molar-refractivity contribution in [2.75, 3.05) is 31.9 Å². The zero-order valence-corrected chi connectivity index (χ0v) is 13.3. The van der Waals surface area contributed by atoms with Gasteiger partial charge < -0.3 is 5.73 Å². The highest BCUT2D eigenvalue weighted by atomic mass is 35.5. The molecule has 1 aliphatic heterocycles. The number of sulfonamides is 1. The molecule has 0 saturated carbocycles. The third-order valence-corrected chi connectivity index (χ3v) is 6.43. The van der Waals surface area contributed by atoms with Gasteiger partial charge in [-0.3, -0.25) is 0 Å². The molecule has 0 radical (unpaired) electrons. The van der Waals surface area contributed by atoms with E-state index in [1.165, 1.54) is 18.2 Å². The zero-order chi connectivity index (χ0) is 15.8. The maximum absolute atomic E-state index is 12.5. The lowest BCUT2D eigenvalue weighted by Crippen LogP contribution is -2.52. The van der Waals surface area contributed by atoms with Gasteiger partial charge in [0.25, 0.3) is 10.2 Å². The molecule has 11 heteroatoms. The van der Waals surface area contributed by atoms with E-state index in [2.05, 4.69) is 0 Å². The summed E-state index contributed by atoms with van der Waals surface area (Å²) in [5, 5.41) is 5.27. The highest BCUT2D eigenvalue weighted by Crippen LogP contribution is 2.26. The molecule has 118 valence electrons. The van der Waals surface area contributed by atoms with E-state index in [4.69, 9.17) is 22.5 Å². The second-order valence-electron chi connectivity index (χ2n) is 4.53. The molecule has 2 rings (SSSR count). The van der Waals surface area contributed by atoms with E-state index in [9.17, 15) is 16.8 Å². The van der Waals surface area contributed by atoms with E-state index < -0.39 is 20.2 Å². The number of piperazine rings is 1. The van der Waals surface area contributed by atoms with E-state index in [1.54, 1.807) is 0 Å². The van der Waals surface area contributed by atoms with Crippen LogP contribution < -0.4 is 10.9 Å². The quantitative estimate of drug-likeness (QED) is 0.703. The van der Waals surface area contributed by atoms with E-state index >= 15 is 0 Å². The average molecular weight is 355 g/mol. The number of nitrogens with zero attached hydrogens (tertiary/aromatic N) is 2. The summed E-state index contributed by atoms with van der Waals surface area (Å²) in [6, 6.07) is 4.18. The van der Waals surface area contributed by atoms with Crippen LogP contribution in [-0.2, 0) is 20.2 Å². The number of hydrogen-bond acceptors (Lipinski definition) is 5. The molecule has 1 aliphatic rings. The van der Waals surface area contributed by atoms with E-state index in [1.807, 2.05) is 0 Å². The summed E-state index contributed by atoms with van der Waals surface area (Å²) >= 11 is 5.80. The maximum atomic E-state index is 12.5. The second-order valence-corrected chi connectivity index (χ2v) is 8.42. The molecule has 1 saturated heterocycles. The van der Waals surface area contributed by atoms with Gasteiger partial charge in [-0.05, 0) is 18.2 Å². The highest BCUT2D eigenvalue weighted by molar-refractivity contribution is 7.89. The minimum absolute atomic E-state index is 0.00145. The van der Waals surface area contributed by atoms with Crippen molar-refractivity contribution >= 4 is 37.5 Å². The molecule has 8 nitrogen and oxygen atoms in total. The third kappa shape index (κ3) is 3.47. The van der Waals surface area contributed by atoms with Gasteiger partial charge in [-0.25, -0.2) is 13.6 Å². The van der Waals surface area contributed by atoms with Crippen LogP contribution in [0.5, 0.6) is 0 Å². The van der Waals surface area contributed by atoms with E-state index in [0.717, 1.165) is 8.61 Å². The minimum Gasteiger partial charge on any atom is -0.398 e. The normalized spacial score (nSPS) is 18.8. The van der Waals surface area contributed by atoms with Crippen molar-refractivity contribution in [3.63, 3.8) is 0 Å². The molecule has 1 aromatic rings. The fourth-order valence-electron chi connectivity index (χ4n) is 2.04. The molecule has 4 N–H and O–H groups in total. The minimum atomic E-state index is -3.82. The van der Waals surface area contributed by atoms with Crippen LogP contribution in [0.2, 0.25) is 5.02 Å². The van der Waals surface area contributed by atoms with Gasteiger partial charge in [-0.15, -0.1) is 0 Å². The molecule has 1 fully saturated rings. The van der Waals surface area contributed by atoms with Gasteiger partial charge >= 0.3 is 0 Å². The first kappa shape index (κ1) is 16.5. The van der Waals surface area contributed by atoms with Gasteiger partial charge in [0, 0.05) is 31.2 Å². The molecule has 0 bridgehead atoms. The summed E-state index contributed by atoms with van der Waals surface area (Å²) in [4.78, 5) is -0.0842. The van der Waals surface area contributed by atoms with Crippen molar-refractivity contribution < 1.29 is 16.8 Å². The fourth-order valence-corrected chi connectivity index (χ4v) is 4.51. The Morgan fingerprint density at radius 2 is 1.52 bits per heavy atom. The molecular weight excluding hydrogens is 340 g/mol. The molecule has 0 unspecified atom stereocenters. The predicted octanol–water partition coefficient (Wildman–Crippen LogP) is -0.568. The maximum Gasteiger partial charge on any atom is 0.276 e. The molecule has 1 aromatic carbocycles. The number of halogens is 1. The van der Waals surface area contributed by atoms with Crippen LogP contribution in [0, 0.1) is 0 Å². The van der Waals surface area contributed by atoms with Gasteiger partial charge in [0.05, 0.1) is 5.69 Å². The summed E-state index contributed by atoms with van der Waals surface area (Å²) in [5.74, 6) is 0. The summed E-state index contributed by atoms with van der Waals surface area (Å²) in [6.45, 7) is 0.00645. The number of nitrogens with two attached hydrogens (primary N) is 2. The Kier molecular flexibility index (Phi) is 4.47. The van der Waals surface area contributed by atoms with Crippen LogP contribution in [0.3, 0.4) is 0 Å². The number of anilines is 1. The van der Waals surface area contributed by atoms with Gasteiger partial charge in [0.1, 0.15) is 4.90 Å². The number of nitrogen functional groups attached to an aromatic ring is 1. The molecule has 0 aromatic heterocycles. The van der Waals surface area contributed by atoms with Gasteiger partial charge in [-0.1, -0.05) is 11.6 Å². The average Bonchev–Trinajstić information content (AvgIpc) is 2.40. The smallest absolute Gasteiger partial charge is 0.276 e. The Balaban J connectivity index is 2.25. The summed E-state index contributed by atoms with van der Waals surface area (Å²) in [5.41, 5.74) is 5.78. The first-order valence-corrected chi connectivity index (χ1v) is 9.27. The SMILES string of the molecule is Nc1ccc(Cl)cc1S(=O)(=O)N1CCN(S(N)(=O)=O)CC1. The van der Waals surface area contributed by atoms with E-state index in [0.29, 0.717) is 0 Å². The molecule has 21 heavy (non-hydrogen) atoms. The lowest BCUT2D eigenvalue weighted by Gasteiger charge is -2.32. The Bertz CT molecular complexity index is 742. The van der Waals surface area contributed by atoms with Crippen LogP contribution >= 0.6 is 11.6 Å². The van der Waals surface area contributed by atoms with Gasteiger partial charge in [0.2, 0.25) is 10.0 Å². The Labute approximate surface area is 128 Å². The topological polar surface area (TPSA) is 127 Å². The third-order valence-electron chi connectivity index (χ3n) is 3.15. The fraction of sp³-hybridized carbons (Fsp3) is 0.400. The summed E-state index contributed by atoms with van der Waals surface area (Å²) in [6.07, 6.45) is 0. The van der Waals surface area contributed by atoms with Gasteiger partial charge in [-0.2, -0.15) is 17.0 Å². The van der Waals surface area contributed by atoms with Crippen LogP contribution in [0.25, 0.3) is 0 Å². The second kappa shape index (κ2) is 5.71. The predicted molar refractivity (Wildman–Crippen MR) is 79.3 cm³/mol. The zero-order valence-electron chi connectivity index (χ0n) is 10.9. The van der Waals surface area contributed by atoms with Crippen LogP contribution in [0.4, 0.5) is 5.69 Å². The molecule has 0 aliphatic carbocycles. The van der Waals surface area contributed by atoms with Crippen molar-refractivity contribution in [3.8, 4) is 0 Å². The van der Waals surface area contributed by atoms with Gasteiger partial charge in [0.15, 0.2) is 0 Å². The van der Waals surface area contributed by atoms with Crippen molar-refractivity contribution in [2.45, 2.75) is 4.90 Å². The molecule has 0 atom stereocenters. The van der Waals surface area contributed by atoms with Crippen molar-refractivity contribution in [1.29, 1.82) is 0 Å². The number of benzene rings is 1. The molecule has 0 amide bonds. The Morgan fingerprint density at radius 1 is 1.00 bits per heavy atom. The number of rotatable bonds is 3. The molecule has 1 heterocycles. The van der Waals surface area contributed by atoms with E-state index in [-0.39, 0.29) is 41.8 Å². The summed E-state index contributed by atoms with van der Waals surface area (Å²) in [7, 11) is -7.63. The lowest BCUT2D eigenvalue weighted by atomic mass is 10.3. The first-order chi connectivity index (χ1) is 9.62. The molecular formula is C10H15ClN4O4S2. The van der Waals surface area contributed by atoms with Crippen LogP contribution in [0.15, 0.2) is 23.1 Å². The first-order valence-electron chi connectivity index (χ1n) is 5.95. The Morgan fingerprint density at radius 3 is 2.05 bits per heavy atom. The number of hydrogen-bond donors (Lipinski definition) is 2. The standard InChI is InChI=1S/C10H15ClN4O4S2/c11-8-1-2-9(12)10(7-8)20(16,17)14-3-5-15(6-4-14)21(13,18)19/h1-2,7H,3-6,12H2,(H2,13,18,19). The monoisotopic (exact) mass is 354 g/mol. The highest BCUT2D eigenvalue weighted by Gasteiger charge is 2.32. The summed E-state index contributed by atoms with van der Waals surface area (Å²) < 4.78 is 49.6. The van der Waals surface area contributed by atoms with Crippen molar-refractivity contribution in [2.24, 2.45) is 5.14 Å². The molecule has 0 spiro atoms.